The second kappa shape index (κ2) is 6.25. The molecule has 0 bridgehead atoms. The molecule has 1 aliphatic rings. The fourth-order valence-corrected chi connectivity index (χ4v) is 4.40. The number of amides is 1. The van der Waals surface area contributed by atoms with Gasteiger partial charge in [0.1, 0.15) is 0 Å². The van der Waals surface area contributed by atoms with Crippen LogP contribution in [0.3, 0.4) is 0 Å². The summed E-state index contributed by atoms with van der Waals surface area (Å²) in [5.41, 5.74) is 1.80. The summed E-state index contributed by atoms with van der Waals surface area (Å²) < 4.78 is 27.1. The van der Waals surface area contributed by atoms with E-state index in [2.05, 4.69) is 10.0 Å². The van der Waals surface area contributed by atoms with Crippen molar-refractivity contribution in [3.05, 3.63) is 54.1 Å². The zero-order valence-corrected chi connectivity index (χ0v) is 14.1. The first-order valence-corrected chi connectivity index (χ1v) is 9.62. The van der Waals surface area contributed by atoms with E-state index in [1.807, 2.05) is 19.1 Å². The SMILES string of the molecule is CC1Sc2ccc(NS(=O)(=O)Cc3ccccc3)cc2NC1=O. The van der Waals surface area contributed by atoms with Crippen LogP contribution in [0.5, 0.6) is 0 Å². The van der Waals surface area contributed by atoms with Crippen LogP contribution in [0, 0.1) is 0 Å². The summed E-state index contributed by atoms with van der Waals surface area (Å²) in [5.74, 6) is -0.171. The molecule has 1 heterocycles. The molecule has 0 aliphatic carbocycles. The molecule has 0 saturated heterocycles. The molecule has 0 aromatic heterocycles. The lowest BCUT2D eigenvalue weighted by Gasteiger charge is -2.22. The fourth-order valence-electron chi connectivity index (χ4n) is 2.28. The van der Waals surface area contributed by atoms with Crippen molar-refractivity contribution in [3.63, 3.8) is 0 Å². The third-order valence-electron chi connectivity index (χ3n) is 3.38. The highest BCUT2D eigenvalue weighted by molar-refractivity contribution is 8.01. The Kier molecular flexibility index (Phi) is 4.32. The summed E-state index contributed by atoms with van der Waals surface area (Å²) >= 11 is 1.46. The maximum Gasteiger partial charge on any atom is 0.237 e. The summed E-state index contributed by atoms with van der Waals surface area (Å²) in [7, 11) is -3.51. The normalized spacial score (nSPS) is 17.3. The maximum absolute atomic E-state index is 12.3. The van der Waals surface area contributed by atoms with Crippen LogP contribution in [-0.4, -0.2) is 19.6 Å². The van der Waals surface area contributed by atoms with Crippen LogP contribution in [0.4, 0.5) is 11.4 Å². The largest absolute Gasteiger partial charge is 0.324 e. The molecule has 0 fully saturated rings. The van der Waals surface area contributed by atoms with E-state index < -0.39 is 10.0 Å². The van der Waals surface area contributed by atoms with Gasteiger partial charge in [0.15, 0.2) is 0 Å². The van der Waals surface area contributed by atoms with Gasteiger partial charge in [-0.2, -0.15) is 0 Å². The van der Waals surface area contributed by atoms with Gasteiger partial charge in [-0.05, 0) is 30.7 Å². The van der Waals surface area contributed by atoms with E-state index in [1.165, 1.54) is 11.8 Å². The van der Waals surface area contributed by atoms with Crippen LogP contribution in [-0.2, 0) is 20.6 Å². The Morgan fingerprint density at radius 1 is 1.17 bits per heavy atom. The number of carbonyl (C=O) groups is 1. The summed E-state index contributed by atoms with van der Waals surface area (Å²) in [5, 5.41) is 2.64. The van der Waals surface area contributed by atoms with Crippen molar-refractivity contribution in [2.24, 2.45) is 0 Å². The molecule has 23 heavy (non-hydrogen) atoms. The van der Waals surface area contributed by atoms with E-state index in [0.717, 1.165) is 10.5 Å². The van der Waals surface area contributed by atoms with Crippen LogP contribution in [0.1, 0.15) is 12.5 Å². The molecular weight excluding hydrogens is 332 g/mol. The Morgan fingerprint density at radius 2 is 1.91 bits per heavy atom. The van der Waals surface area contributed by atoms with Gasteiger partial charge in [-0.1, -0.05) is 30.3 Å². The van der Waals surface area contributed by atoms with Crippen LogP contribution >= 0.6 is 11.8 Å². The predicted molar refractivity (Wildman–Crippen MR) is 93.1 cm³/mol. The van der Waals surface area contributed by atoms with Gasteiger partial charge in [0, 0.05) is 4.90 Å². The van der Waals surface area contributed by atoms with Gasteiger partial charge in [0.2, 0.25) is 15.9 Å². The predicted octanol–water partition coefficient (Wildman–Crippen LogP) is 3.06. The third kappa shape index (κ3) is 3.86. The minimum atomic E-state index is -3.51. The van der Waals surface area contributed by atoms with E-state index in [1.54, 1.807) is 36.4 Å². The van der Waals surface area contributed by atoms with Gasteiger partial charge >= 0.3 is 0 Å². The van der Waals surface area contributed by atoms with Crippen LogP contribution in [0.25, 0.3) is 0 Å². The molecule has 0 spiro atoms. The number of benzene rings is 2. The first-order valence-electron chi connectivity index (χ1n) is 7.09. The average Bonchev–Trinajstić information content (AvgIpc) is 2.49. The minimum Gasteiger partial charge on any atom is -0.324 e. The lowest BCUT2D eigenvalue weighted by Crippen LogP contribution is -2.26. The van der Waals surface area contributed by atoms with Crippen molar-refractivity contribution in [3.8, 4) is 0 Å². The number of fused-ring (bicyclic) bond motifs is 1. The van der Waals surface area contributed by atoms with E-state index in [0.29, 0.717) is 11.4 Å². The van der Waals surface area contributed by atoms with E-state index >= 15 is 0 Å². The zero-order valence-electron chi connectivity index (χ0n) is 12.4. The third-order valence-corrected chi connectivity index (χ3v) is 5.82. The van der Waals surface area contributed by atoms with Crippen LogP contribution < -0.4 is 10.0 Å². The van der Waals surface area contributed by atoms with E-state index in [9.17, 15) is 13.2 Å². The molecule has 1 unspecified atom stereocenters. The van der Waals surface area contributed by atoms with Crippen molar-refractivity contribution in [2.75, 3.05) is 10.0 Å². The number of rotatable bonds is 4. The Balaban J connectivity index is 1.78. The Labute approximate surface area is 139 Å². The standard InChI is InChI=1S/C16H16N2O3S2/c1-11-16(19)17-14-9-13(7-8-15(14)22-11)18-23(20,21)10-12-5-3-2-4-6-12/h2-9,11,18H,10H2,1H3,(H,17,19). The van der Waals surface area contributed by atoms with Gasteiger partial charge in [-0.25, -0.2) is 8.42 Å². The molecule has 7 heteroatoms. The molecule has 1 amide bonds. The summed E-state index contributed by atoms with van der Waals surface area (Å²) in [6.45, 7) is 1.83. The van der Waals surface area contributed by atoms with Gasteiger partial charge in [-0.15, -0.1) is 11.8 Å². The number of thioether (sulfide) groups is 1. The molecular formula is C16H16N2O3S2. The highest BCUT2D eigenvalue weighted by Crippen LogP contribution is 2.37. The summed E-state index contributed by atoms with van der Waals surface area (Å²) in [4.78, 5) is 12.7. The topological polar surface area (TPSA) is 75.3 Å². The monoisotopic (exact) mass is 348 g/mol. The van der Waals surface area contributed by atoms with Crippen molar-refractivity contribution in [2.45, 2.75) is 22.8 Å². The lowest BCUT2D eigenvalue weighted by molar-refractivity contribution is -0.115. The minimum absolute atomic E-state index is 0.0770. The Bertz CT molecular complexity index is 836. The Morgan fingerprint density at radius 3 is 2.65 bits per heavy atom. The number of anilines is 2. The quantitative estimate of drug-likeness (QED) is 0.890. The van der Waals surface area contributed by atoms with Crippen LogP contribution in [0.15, 0.2) is 53.4 Å². The van der Waals surface area contributed by atoms with Crippen molar-refractivity contribution >= 4 is 39.1 Å². The molecule has 2 aromatic rings. The molecule has 1 aliphatic heterocycles. The van der Waals surface area contributed by atoms with Crippen LogP contribution in [0.2, 0.25) is 0 Å². The molecule has 2 aromatic carbocycles. The number of hydrogen-bond donors (Lipinski definition) is 2. The summed E-state index contributed by atoms with van der Waals surface area (Å²) in [6.07, 6.45) is 0. The lowest BCUT2D eigenvalue weighted by atomic mass is 10.2. The van der Waals surface area contributed by atoms with E-state index in [4.69, 9.17) is 0 Å². The highest BCUT2D eigenvalue weighted by atomic mass is 32.2. The average molecular weight is 348 g/mol. The van der Waals surface area contributed by atoms with Crippen molar-refractivity contribution in [1.29, 1.82) is 0 Å². The molecule has 5 nitrogen and oxygen atoms in total. The number of sulfonamides is 1. The highest BCUT2D eigenvalue weighted by Gasteiger charge is 2.23. The molecule has 0 radical (unpaired) electrons. The second-order valence-corrected chi connectivity index (χ2v) is 8.41. The maximum atomic E-state index is 12.3. The van der Waals surface area contributed by atoms with Crippen molar-refractivity contribution < 1.29 is 13.2 Å². The first kappa shape index (κ1) is 15.9. The number of hydrogen-bond acceptors (Lipinski definition) is 4. The van der Waals surface area contributed by atoms with Gasteiger partial charge in [0.25, 0.3) is 0 Å². The molecule has 120 valence electrons. The number of nitrogens with one attached hydrogen (secondary N) is 2. The zero-order chi connectivity index (χ0) is 16.4. The van der Waals surface area contributed by atoms with Gasteiger partial charge in [0.05, 0.1) is 22.4 Å². The smallest absolute Gasteiger partial charge is 0.237 e. The molecule has 1 atom stereocenters. The molecule has 0 saturated carbocycles. The number of carbonyl (C=O) groups excluding carboxylic acids is 1. The van der Waals surface area contributed by atoms with Crippen molar-refractivity contribution in [1.82, 2.24) is 0 Å². The Hall–Kier alpha value is -1.99. The molecule has 2 N–H and O–H groups in total. The second-order valence-electron chi connectivity index (χ2n) is 5.31. The van der Waals surface area contributed by atoms with Gasteiger partial charge < -0.3 is 5.32 Å². The molecule has 3 rings (SSSR count). The first-order chi connectivity index (χ1) is 10.9. The van der Waals surface area contributed by atoms with Gasteiger partial charge in [-0.3, -0.25) is 9.52 Å². The van der Waals surface area contributed by atoms with E-state index in [-0.39, 0.29) is 16.9 Å². The fraction of sp³-hybridized carbons (Fsp3) is 0.188. The summed E-state index contributed by atoms with van der Waals surface area (Å²) in [6, 6.07) is 14.2.